The second-order valence-corrected chi connectivity index (χ2v) is 48.1. The molecule has 10 rings (SSSR count). The zero-order valence-electron chi connectivity index (χ0n) is 81.3. The summed E-state index contributed by atoms with van der Waals surface area (Å²) in [5.41, 5.74) is 6.82. The number of rotatable bonds is 14. The Morgan fingerprint density at radius 3 is 1.54 bits per heavy atom. The molecular formula is C102H147N5O13S5. The number of benzene rings is 6. The number of aromatic hydroxyl groups is 1. The molecule has 6 aromatic carbocycles. The lowest BCUT2D eigenvalue weighted by molar-refractivity contribution is -0.126. The molecule has 0 radical (unpaired) electrons. The van der Waals surface area contributed by atoms with Crippen molar-refractivity contribution in [2.45, 2.75) is 275 Å². The number of carbonyl (C=O) groups is 5. The van der Waals surface area contributed by atoms with Gasteiger partial charge < -0.3 is 19.6 Å². The molecule has 0 unspecified atom stereocenters. The molecule has 4 amide bonds. The Balaban J connectivity index is 0.000000377. The number of ketones is 1. The molecule has 3 N–H and O–H groups in total. The van der Waals surface area contributed by atoms with Gasteiger partial charge in [0.2, 0.25) is 20.0 Å². The van der Waals surface area contributed by atoms with Gasteiger partial charge in [0.05, 0.1) is 25.3 Å². The van der Waals surface area contributed by atoms with Gasteiger partial charge in [0.15, 0.2) is 17.4 Å². The molecule has 125 heavy (non-hydrogen) atoms. The van der Waals surface area contributed by atoms with Gasteiger partial charge in [-0.15, -0.1) is 0 Å². The molecule has 0 bridgehead atoms. The molecule has 0 aliphatic carbocycles. The highest BCUT2D eigenvalue weighted by molar-refractivity contribution is 8.26. The van der Waals surface area contributed by atoms with Gasteiger partial charge in [0.1, 0.15) is 15.9 Å². The molecule has 18 nitrogen and oxygen atoms in total. The Bertz CT molecular complexity index is 5160. The van der Waals surface area contributed by atoms with Gasteiger partial charge in [-0.1, -0.05) is 344 Å². The van der Waals surface area contributed by atoms with Crippen LogP contribution in [0.15, 0.2) is 187 Å². The first-order chi connectivity index (χ1) is 56.9. The zero-order valence-corrected chi connectivity index (χ0v) is 85.4. The molecule has 7 aromatic rings. The maximum absolute atomic E-state index is 12.9. The molecule has 1 aromatic heterocycles. The Morgan fingerprint density at radius 2 is 1.09 bits per heavy atom. The lowest BCUT2D eigenvalue weighted by Crippen LogP contribution is -2.42. The molecular weight excluding hydrogens is 1660 g/mol. The van der Waals surface area contributed by atoms with Gasteiger partial charge >= 0.3 is 5.63 Å². The first-order valence-electron chi connectivity index (χ1n) is 42.7. The van der Waals surface area contributed by atoms with E-state index in [2.05, 4.69) is 119 Å². The second kappa shape index (κ2) is 46.1. The van der Waals surface area contributed by atoms with E-state index >= 15 is 0 Å². The first-order valence-corrected chi connectivity index (χ1v) is 47.7. The van der Waals surface area contributed by atoms with E-state index in [0.717, 1.165) is 46.2 Å². The van der Waals surface area contributed by atoms with Crippen LogP contribution in [0.4, 0.5) is 10.5 Å². The third-order valence-electron chi connectivity index (χ3n) is 20.9. The minimum absolute atomic E-state index is 0.0220. The number of nitrogens with one attached hydrogen (secondary N) is 2. The minimum Gasteiger partial charge on any atom is -0.504 e. The van der Waals surface area contributed by atoms with E-state index in [-0.39, 0.29) is 71.9 Å². The van der Waals surface area contributed by atoms with Crippen molar-refractivity contribution in [3.05, 3.63) is 217 Å². The van der Waals surface area contributed by atoms with Crippen molar-refractivity contribution in [3.63, 3.8) is 0 Å². The van der Waals surface area contributed by atoms with Crippen molar-refractivity contribution in [2.24, 2.45) is 43.8 Å². The van der Waals surface area contributed by atoms with Gasteiger partial charge in [-0.05, 0) is 174 Å². The smallest absolute Gasteiger partial charge is 0.340 e. The molecule has 2 fully saturated rings. The summed E-state index contributed by atoms with van der Waals surface area (Å²) in [5, 5.41) is 13.3. The summed E-state index contributed by atoms with van der Waals surface area (Å²) in [6.07, 6.45) is 8.76. The SMILES string of the molecule is CC(C)(C)C(=O)CCc1ccccc1.CC(C)(C)C(C)(C)C.CC(C)(C)CN1C(=O)/C(=C/c2ccccc2)SC1=S.CC(C)(C)CN1C(=O)S/C(=C/C=C/c2ccccc2)C1=O.CC(C)(C)CNS(=O)(=O)c1ccccc1.CC(C)C(C)(C)C.CC[C@H]1Oc2cc(S(=O)(=O)N(C)C(C)(C)C)c(C)cc2NC1=O.Cc1ccc2c(C)c(C(C)(C)C)c(=O)oc2c1O. The molecule has 0 saturated carbocycles. The number of thiocarbonyl (C=S) groups is 1. The lowest BCUT2D eigenvalue weighted by Gasteiger charge is -2.34. The number of allylic oxidation sites excluding steroid dienone is 2. The average Bonchev–Trinajstić information content (AvgIpc) is 1.39. The topological polar surface area (TPSA) is 247 Å². The predicted molar refractivity (Wildman–Crippen MR) is 529 cm³/mol. The fraction of sp³-hybridized carbons (Fsp3) is 0.500. The van der Waals surface area contributed by atoms with Crippen LogP contribution in [0.5, 0.6) is 11.5 Å². The van der Waals surface area contributed by atoms with Gasteiger partial charge in [-0.2, -0.15) is 4.31 Å². The van der Waals surface area contributed by atoms with E-state index in [1.165, 1.54) is 32.6 Å². The van der Waals surface area contributed by atoms with E-state index in [4.69, 9.17) is 21.4 Å². The van der Waals surface area contributed by atoms with Crippen LogP contribution in [0.25, 0.3) is 23.1 Å². The van der Waals surface area contributed by atoms with Gasteiger partial charge in [0, 0.05) is 61.1 Å². The molecule has 0 spiro atoms. The second-order valence-electron chi connectivity index (χ2n) is 41.7. The highest BCUT2D eigenvalue weighted by Gasteiger charge is 2.39. The number of aryl methyl sites for hydroxylation is 4. The molecule has 4 heterocycles. The van der Waals surface area contributed by atoms with Crippen LogP contribution in [0, 0.1) is 64.6 Å². The number of phenols is 1. The summed E-state index contributed by atoms with van der Waals surface area (Å²) in [7, 11) is -5.44. The summed E-state index contributed by atoms with van der Waals surface area (Å²) < 4.78 is 64.8. The lowest BCUT2D eigenvalue weighted by atomic mass is 9.71. The van der Waals surface area contributed by atoms with Crippen LogP contribution in [-0.4, -0.2) is 107 Å². The largest absolute Gasteiger partial charge is 0.504 e. The minimum atomic E-state index is -3.66. The maximum atomic E-state index is 12.9. The number of anilines is 1. The summed E-state index contributed by atoms with van der Waals surface area (Å²) in [6, 6.07) is 45.1. The van der Waals surface area contributed by atoms with Crippen LogP contribution in [-0.2, 0) is 51.1 Å². The van der Waals surface area contributed by atoms with Crippen LogP contribution >= 0.6 is 35.7 Å². The summed E-state index contributed by atoms with van der Waals surface area (Å²) in [5.74, 6) is 1.19. The molecule has 3 aliphatic rings. The normalized spacial score (nSPS) is 15.4. The van der Waals surface area contributed by atoms with Gasteiger partial charge in [-0.3, -0.25) is 33.8 Å². The van der Waals surface area contributed by atoms with Crippen molar-refractivity contribution >= 4 is 118 Å². The number of nitrogens with zero attached hydrogens (tertiary/aromatic N) is 3. The summed E-state index contributed by atoms with van der Waals surface area (Å²) >= 11 is 7.70. The van der Waals surface area contributed by atoms with Crippen molar-refractivity contribution in [1.82, 2.24) is 18.8 Å². The Morgan fingerprint density at radius 1 is 0.616 bits per heavy atom. The van der Waals surface area contributed by atoms with Crippen molar-refractivity contribution < 1.29 is 55.1 Å². The molecule has 2 saturated heterocycles. The number of hydrogen-bond donors (Lipinski definition) is 3. The van der Waals surface area contributed by atoms with E-state index < -0.39 is 31.7 Å². The van der Waals surface area contributed by atoms with Gasteiger partial charge in [-0.25, -0.2) is 26.4 Å². The average molecular weight is 1810 g/mol. The maximum Gasteiger partial charge on any atom is 0.340 e. The fourth-order valence-electron chi connectivity index (χ4n) is 10.7. The molecule has 688 valence electrons. The monoisotopic (exact) mass is 1810 g/mol. The third-order valence-corrected chi connectivity index (χ3v) is 26.9. The highest BCUT2D eigenvalue weighted by Crippen LogP contribution is 2.41. The number of hydrogen-bond acceptors (Lipinski definition) is 16. The van der Waals surface area contributed by atoms with Crippen LogP contribution < -0.4 is 20.4 Å². The van der Waals surface area contributed by atoms with E-state index in [1.807, 2.05) is 227 Å². The third kappa shape index (κ3) is 36.8. The van der Waals surface area contributed by atoms with Crippen LogP contribution in [0.3, 0.4) is 0 Å². The highest BCUT2D eigenvalue weighted by atomic mass is 32.2. The fourth-order valence-corrected chi connectivity index (χ4v) is 15.8. The van der Waals surface area contributed by atoms with E-state index in [9.17, 15) is 50.7 Å². The van der Waals surface area contributed by atoms with Crippen molar-refractivity contribution in [1.29, 1.82) is 0 Å². The molecule has 1 atom stereocenters. The Kier molecular flexibility index (Phi) is 40.9. The quantitative estimate of drug-likeness (QED) is 0.0520. The number of sulfonamides is 2. The number of imide groups is 1. The Hall–Kier alpha value is -8.29. The van der Waals surface area contributed by atoms with Crippen molar-refractivity contribution in [3.8, 4) is 11.5 Å². The number of phenolic OH excluding ortho intramolecular Hbond substituents is 1. The van der Waals surface area contributed by atoms with E-state index in [1.54, 1.807) is 68.3 Å². The number of amides is 4. The Labute approximate surface area is 765 Å². The van der Waals surface area contributed by atoms with Gasteiger partial charge in [0.25, 0.3) is 23.0 Å². The number of Topliss-reactive ketones (excluding diaryl/α,β-unsaturated/α-hetero) is 1. The number of carbonyl (C=O) groups excluding carboxylic acids is 5. The summed E-state index contributed by atoms with van der Waals surface area (Å²) in [4.78, 5) is 76.8. The molecule has 3 aliphatic heterocycles. The van der Waals surface area contributed by atoms with Crippen LogP contribution in [0.1, 0.15) is 259 Å². The van der Waals surface area contributed by atoms with Crippen LogP contribution in [0.2, 0.25) is 0 Å². The molecule has 23 heteroatoms. The zero-order chi connectivity index (χ0) is 96.0. The summed E-state index contributed by atoms with van der Waals surface area (Å²) in [6.45, 7) is 69.3. The predicted octanol–water partition coefficient (Wildman–Crippen LogP) is 25.2. The first kappa shape index (κ1) is 111. The standard InChI is InChI=1S/C17H19NO2S.C16H24N2O4S.C15H17NOS2.C15H18O3.C13H18O.C11H17NO2S.C8H18.C7H16/c1-17(2,3)12-18-15(19)14(21-16(18)20)11-7-10-13-8-5-4-6-9-13;1-7-12-15(19)17-11-8-10(2)14(9-13(11)22-12)23(20,21)18(6)16(3,4)5;1-15(2,3)10-16-13(17)12(19-14(16)18)9-11-7-5-4-6-8-11;1-8-6-7-10-9(2)11(15(3,4)5)14(17)18-13(10)12(8)16;1-13(2,3)12(14)10-9-11-7-5-4-6-8-11;1-11(2,3)9-12-15(13,14)10-7-5-4-6-8-10;1-7(2,3)8(4,5)6;1-6(2)7(3,4)5/h4-11H,12H2,1-3H3;8-9,12H,7H2,1-6H3,(H,17,19);4-9H,10H2,1-3H3;6-7,16H,1-5H3;4-8H,9-10H2,1-3H3;4-8,12H,9H2,1-3H3;1-6H3;6H,1-5H3/b10-7+,14-11+;;12-9-;;;;;/t;12-;;;;;;/m.1....../s1. The van der Waals surface area contributed by atoms with Crippen molar-refractivity contribution in [2.75, 3.05) is 32.0 Å². The number of ether oxygens (including phenoxy) is 1. The number of fused-ring (bicyclic) bond motifs is 2. The van der Waals surface area contributed by atoms with E-state index in [0.29, 0.717) is 102 Å². The number of thioether (sulfide) groups is 2.